The van der Waals surface area contributed by atoms with E-state index in [9.17, 15) is 34.4 Å². The zero-order valence-corrected chi connectivity index (χ0v) is 77.8. The van der Waals surface area contributed by atoms with Crippen LogP contribution in [0.5, 0.6) is 34.5 Å². The number of aldehydes is 1. The molecule has 30 nitrogen and oxygen atoms in total. The molecule has 0 saturated heterocycles. The van der Waals surface area contributed by atoms with Gasteiger partial charge in [0, 0.05) is 50.2 Å². The van der Waals surface area contributed by atoms with Crippen LogP contribution < -0.4 is 24.8 Å². The van der Waals surface area contributed by atoms with Crippen molar-refractivity contribution in [2.24, 2.45) is 11.1 Å². The first-order valence-electron chi connectivity index (χ1n) is 32.9. The molecule has 6 N–H and O–H groups in total. The lowest BCUT2D eigenvalue weighted by Gasteiger charge is -2.09. The minimum atomic E-state index is -3.22. The first-order chi connectivity index (χ1) is 55.5. The maximum atomic E-state index is 10.7. The van der Waals surface area contributed by atoms with Gasteiger partial charge in [0.15, 0.2) is 6.29 Å². The number of hydrogen-bond acceptors (Lipinski definition) is 24. The molecule has 0 aliphatic carbocycles. The Bertz CT molecular complexity index is 5870. The lowest BCUT2D eigenvalue weighted by atomic mass is 9.98. The maximum absolute atomic E-state index is 10.7. The Hall–Kier alpha value is -9.05. The quantitative estimate of drug-likeness (QED) is 0.0131. The fraction of sp³-hybridized carbons (Fsp3) is 0.176. The third kappa shape index (κ3) is 31.6. The number of halogens is 11. The molecular formula is C74H74AlBr5Cl6N17O13P. The largest absolute Gasteiger partial charge is 0.643 e. The average molecular weight is 2080 g/mol. The zero-order chi connectivity index (χ0) is 87.6. The van der Waals surface area contributed by atoms with Crippen molar-refractivity contribution in [3.05, 3.63) is 232 Å². The van der Waals surface area contributed by atoms with Crippen molar-refractivity contribution in [3.63, 3.8) is 0 Å². The highest BCUT2D eigenvalue weighted by Gasteiger charge is 2.16. The zero-order valence-electron chi connectivity index (χ0n) is 63.3. The maximum Gasteiger partial charge on any atom is 0.643 e. The molecule has 0 aliphatic heterocycles. The SMILES string of the molecule is CC(=O)OC(C)=O.CC(C)c1ccc(-c2cc(O)cn3ncc(C#N)c23)cc1.COc1cc(Br)c2c(/C=N/O)cnn2c1.COc1cc(Br)c2c(C#N)cnn2c1.COc1cc(Br)c2c(C=O)cnn2c1.COc1cc(Br)c2ccnn2c1.Cc1ccc(C(C)C)cc1.N#Cc1cnn2cc(O)cc(Br)c12.NO.O=P(Cl)(Cl)Cl.[2HH].[2HH].[Cl][Al]([Cl])[Cl]. The topological polar surface area (TPSA) is 409 Å². The number of aromatic nitrogens is 12. The number of carbonyl (C=O) groups is 3. The molecule has 618 valence electrons. The Morgan fingerprint density at radius 3 is 1.25 bits per heavy atom. The van der Waals surface area contributed by atoms with Crippen LogP contribution in [0.2, 0.25) is 0 Å². The number of ether oxygens (including phenoxy) is 5. The molecule has 0 aliphatic rings. The summed E-state index contributed by atoms with van der Waals surface area (Å²) in [4.78, 5) is 30.3. The van der Waals surface area contributed by atoms with Crippen molar-refractivity contribution in [3.8, 4) is 63.8 Å². The molecule has 14 rings (SSSR count). The van der Waals surface area contributed by atoms with E-state index in [1.165, 1.54) is 84.5 Å². The van der Waals surface area contributed by atoms with Crippen LogP contribution >= 0.6 is 149 Å². The lowest BCUT2D eigenvalue weighted by Crippen LogP contribution is -2.03. The van der Waals surface area contributed by atoms with Gasteiger partial charge in [-0.2, -0.15) is 46.4 Å². The third-order valence-corrected chi connectivity index (χ3v) is 17.9. The molecule has 12 heterocycles. The van der Waals surface area contributed by atoms with E-state index in [2.05, 4.69) is 243 Å². The molecule has 2 aromatic carbocycles. The first-order valence-corrected chi connectivity index (χ1v) is 46.5. The number of hydrogen-bond donors (Lipinski definition) is 5. The van der Waals surface area contributed by atoms with E-state index >= 15 is 0 Å². The van der Waals surface area contributed by atoms with Crippen molar-refractivity contribution in [2.45, 2.75) is 60.3 Å². The predicted octanol–water partition coefficient (Wildman–Crippen LogP) is 20.8. The number of rotatable bonds is 9. The Morgan fingerprint density at radius 1 is 0.530 bits per heavy atom. The highest BCUT2D eigenvalue weighted by molar-refractivity contribution is 9.11. The summed E-state index contributed by atoms with van der Waals surface area (Å²) >= 11 is 28.9. The number of benzene rings is 2. The number of esters is 2. The molecule has 0 radical (unpaired) electrons. The van der Waals surface area contributed by atoms with Gasteiger partial charge in [0.25, 0.3) is 0 Å². The second-order valence-corrected chi connectivity index (χ2v) is 40.7. The highest BCUT2D eigenvalue weighted by atomic mass is 79.9. The van der Waals surface area contributed by atoms with Crippen molar-refractivity contribution < 1.29 is 66.1 Å². The van der Waals surface area contributed by atoms with Crippen LogP contribution in [0, 0.1) is 40.9 Å². The number of oxime groups is 1. The summed E-state index contributed by atoms with van der Waals surface area (Å²) in [7, 11) is 21.2. The number of aryl methyl sites for hydroxylation is 1. The third-order valence-electron chi connectivity index (χ3n) is 14.8. The van der Waals surface area contributed by atoms with Gasteiger partial charge < -0.3 is 44.3 Å². The van der Waals surface area contributed by atoms with Crippen molar-refractivity contribution in [1.29, 1.82) is 15.8 Å². The van der Waals surface area contributed by atoms with E-state index in [4.69, 9.17) is 70.0 Å². The molecule has 0 spiro atoms. The van der Waals surface area contributed by atoms with Crippen LogP contribution in [0.25, 0.3) is 44.2 Å². The second-order valence-electron chi connectivity index (χ2n) is 23.3. The number of carbonyl (C=O) groups excluding carboxylic acids is 3. The molecule has 0 fully saturated rings. The van der Waals surface area contributed by atoms with E-state index in [1.807, 2.05) is 42.6 Å². The molecule has 0 atom stereocenters. The van der Waals surface area contributed by atoms with E-state index in [-0.39, 0.29) is 14.4 Å². The van der Waals surface area contributed by atoms with E-state index in [0.29, 0.717) is 66.8 Å². The summed E-state index contributed by atoms with van der Waals surface area (Å²) in [5.74, 6) is 6.59. The summed E-state index contributed by atoms with van der Waals surface area (Å²) in [6.07, 6.45) is 21.5. The molecule has 0 bridgehead atoms. The summed E-state index contributed by atoms with van der Waals surface area (Å²) < 4.78 is 47.5. The van der Waals surface area contributed by atoms with Gasteiger partial charge in [-0.3, -0.25) is 18.9 Å². The van der Waals surface area contributed by atoms with Crippen LogP contribution in [0.4, 0.5) is 0 Å². The van der Waals surface area contributed by atoms with Gasteiger partial charge in [0.05, 0.1) is 164 Å². The number of aromatic hydroxyl groups is 2. The van der Waals surface area contributed by atoms with Crippen LogP contribution in [0.1, 0.15) is 106 Å². The van der Waals surface area contributed by atoms with Crippen LogP contribution in [0.3, 0.4) is 0 Å². The minimum absolute atomic E-state index is 0. The molecule has 0 saturated carbocycles. The van der Waals surface area contributed by atoms with Crippen LogP contribution in [-0.2, 0) is 18.9 Å². The van der Waals surface area contributed by atoms with E-state index < -0.39 is 28.5 Å². The molecule has 117 heavy (non-hydrogen) atoms. The van der Waals surface area contributed by atoms with Gasteiger partial charge in [-0.15, -0.1) is 0 Å². The standard InChI is InChI=1S/C17H15N3O.C10H14.C9H8BrN3O2.C9H6BrN3O.C9H7BrN2O2.C8H4BrN3O.C8H7BrN2O.C4H6O3.Al.Cl3OP.3ClH.H3NO.2H2/c1-11(2)12-3-5-13(6-4-12)16-7-15(21)10-20-17(16)14(8-18)9-19-20;1-8(2)10-6-4-9(3)5-7-10;1-15-7-2-8(10)9-6(4-12-14)3-11-13(9)5-7;1-14-7-2-8(10)9-6(3-11)4-12-13(9)5-7;1-14-7-2-8(10)9-6(5-13)3-11-12(9)4-7;9-7-1-6(13)4-12-8(7)5(2-10)3-11-12;1-12-6-4-7(9)8-2-3-10-11(8)5-6;1-3(5)7-4(2)6;;1-5(2,3)4;;;;1-2;;/h3-7,9-11,21H,1-2H3;4-8H,1-3H3;2-5,14H,1H3;2,4-5H,1H3;2-5H,1H3;1,3-4,13H;2-5H,1H3;1-2H3;;;3*1H;2H,1H2;2*1H/q;;;;;;;;+3;;;;;;;/p-3/b;;12-4+;;;;;;;;;;;;;/i;;;;;;;;;;;;;;2*1+1. The van der Waals surface area contributed by atoms with Gasteiger partial charge in [-0.05, 0) is 191 Å². The number of methoxy groups -OCH3 is 4. The van der Waals surface area contributed by atoms with Crippen molar-refractivity contribution in [2.75, 3.05) is 28.4 Å². The van der Waals surface area contributed by atoms with E-state index in [1.54, 1.807) is 100 Å². The van der Waals surface area contributed by atoms with Crippen molar-refractivity contribution >= 4 is 218 Å². The summed E-state index contributed by atoms with van der Waals surface area (Å²) in [6, 6.07) is 35.6. The van der Waals surface area contributed by atoms with E-state index in [0.717, 1.165) is 68.7 Å². The smallest absolute Gasteiger partial charge is 0.506 e. The van der Waals surface area contributed by atoms with Gasteiger partial charge in [-0.25, -0.2) is 63.1 Å². The number of fused-ring (bicyclic) bond motifs is 6. The summed E-state index contributed by atoms with van der Waals surface area (Å²) in [6.45, 7) is 13.2. The summed E-state index contributed by atoms with van der Waals surface area (Å²) in [5.41, 5.74) is 13.3. The number of nitriles is 3. The summed E-state index contributed by atoms with van der Waals surface area (Å²) in [5, 5.41) is 84.9. The number of nitrogens with zero attached hydrogens (tertiary/aromatic N) is 16. The number of nitrogens with two attached hydrogens (primary N) is 1. The lowest BCUT2D eigenvalue weighted by molar-refractivity contribution is -0.156. The van der Waals surface area contributed by atoms with Gasteiger partial charge >= 0.3 is 28.5 Å². The Morgan fingerprint density at radius 2 is 0.863 bits per heavy atom. The molecule has 0 unspecified atom stereocenters. The fourth-order valence-corrected chi connectivity index (χ4v) is 12.7. The molecule has 14 aromatic rings. The van der Waals surface area contributed by atoms with Crippen LogP contribution in [-0.4, -0.2) is 143 Å². The normalized spacial score (nSPS) is 10.2. The molecular weight excluding hydrogens is 2010 g/mol. The molecule has 12 aromatic heterocycles. The van der Waals surface area contributed by atoms with Crippen LogP contribution in [0.15, 0.2) is 193 Å². The van der Waals surface area contributed by atoms with Gasteiger partial charge in [0.2, 0.25) is 0 Å². The monoisotopic (exact) mass is 2070 g/mol. The number of pyridine rings is 6. The molecule has 43 heteroatoms. The minimum Gasteiger partial charge on any atom is -0.506 e. The molecule has 0 amide bonds. The Labute approximate surface area is 746 Å². The van der Waals surface area contributed by atoms with Gasteiger partial charge in [0.1, 0.15) is 52.7 Å². The van der Waals surface area contributed by atoms with Gasteiger partial charge in [-0.1, -0.05) is 86.9 Å². The van der Waals surface area contributed by atoms with Crippen molar-refractivity contribution in [1.82, 2.24) is 57.7 Å². The highest BCUT2D eigenvalue weighted by Crippen LogP contribution is 2.61. The Kier molecular flexibility index (Phi) is 42.9. The fourth-order valence-electron chi connectivity index (χ4n) is 9.68. The predicted molar refractivity (Wildman–Crippen MR) is 474 cm³/mol. The average Bonchev–Trinajstić information content (AvgIpc) is 1.68. The second kappa shape index (κ2) is 50.0. The first kappa shape index (κ1) is 100. The Balaban J connectivity index is 0.000000457.